The molecule has 0 bridgehead atoms. The summed E-state index contributed by atoms with van der Waals surface area (Å²) in [5.41, 5.74) is 7.61. The van der Waals surface area contributed by atoms with Crippen molar-refractivity contribution >= 4 is 17.4 Å². The van der Waals surface area contributed by atoms with Crippen LogP contribution in [0.3, 0.4) is 0 Å². The van der Waals surface area contributed by atoms with E-state index in [4.69, 9.17) is 22.1 Å². The lowest BCUT2D eigenvalue weighted by Crippen LogP contribution is -2.38. The molecular weight excluding hydrogens is 288 g/mol. The quantitative estimate of drug-likeness (QED) is 0.942. The Morgan fingerprint density at radius 2 is 2.24 bits per heavy atom. The van der Waals surface area contributed by atoms with E-state index < -0.39 is 0 Å². The van der Waals surface area contributed by atoms with Gasteiger partial charge in [-0.15, -0.1) is 0 Å². The molecule has 2 aromatic heterocycles. The molecule has 5 nitrogen and oxygen atoms in total. The van der Waals surface area contributed by atoms with Crippen molar-refractivity contribution in [2.75, 3.05) is 25.4 Å². The summed E-state index contributed by atoms with van der Waals surface area (Å²) in [6.45, 7) is 3.11. The summed E-state index contributed by atoms with van der Waals surface area (Å²) in [5.74, 6) is 0.521. The van der Waals surface area contributed by atoms with E-state index in [-0.39, 0.29) is 6.10 Å². The van der Waals surface area contributed by atoms with E-state index in [0.29, 0.717) is 17.4 Å². The summed E-state index contributed by atoms with van der Waals surface area (Å²) in [6, 6.07) is 9.44. The average Bonchev–Trinajstić information content (AvgIpc) is 2.50. The highest BCUT2D eigenvalue weighted by atomic mass is 35.5. The Bertz CT molecular complexity index is 605. The van der Waals surface area contributed by atoms with Gasteiger partial charge in [-0.1, -0.05) is 17.7 Å². The van der Waals surface area contributed by atoms with Gasteiger partial charge in [0.25, 0.3) is 0 Å². The first-order valence-electron chi connectivity index (χ1n) is 6.87. The number of morpholine rings is 1. The molecule has 0 spiro atoms. The maximum absolute atomic E-state index is 5.86. The number of nitrogens with two attached hydrogens (primary N) is 1. The fourth-order valence-electron chi connectivity index (χ4n) is 2.40. The molecule has 0 aliphatic carbocycles. The average molecular weight is 305 g/mol. The molecule has 3 rings (SSSR count). The molecule has 1 aliphatic rings. The Kier molecular flexibility index (Phi) is 4.34. The highest BCUT2D eigenvalue weighted by molar-refractivity contribution is 6.30. The summed E-state index contributed by atoms with van der Waals surface area (Å²) in [4.78, 5) is 11.0. The number of nitrogens with zero attached hydrogens (tertiary/aromatic N) is 3. The second-order valence-corrected chi connectivity index (χ2v) is 5.49. The van der Waals surface area contributed by atoms with Crippen molar-refractivity contribution in [3.63, 3.8) is 0 Å². The van der Waals surface area contributed by atoms with Gasteiger partial charge in [0.05, 0.1) is 23.0 Å². The molecule has 0 saturated carbocycles. The zero-order valence-corrected chi connectivity index (χ0v) is 12.3. The molecule has 0 amide bonds. The lowest BCUT2D eigenvalue weighted by Gasteiger charge is -2.32. The minimum Gasteiger partial charge on any atom is -0.384 e. The van der Waals surface area contributed by atoms with Gasteiger partial charge in [-0.25, -0.2) is 4.98 Å². The van der Waals surface area contributed by atoms with Crippen LogP contribution in [0.5, 0.6) is 0 Å². The molecule has 0 radical (unpaired) electrons. The zero-order chi connectivity index (χ0) is 14.7. The predicted octanol–water partition coefficient (Wildman–Crippen LogP) is 2.29. The Balaban J connectivity index is 1.67. The molecule has 21 heavy (non-hydrogen) atoms. The Morgan fingerprint density at radius 3 is 3.00 bits per heavy atom. The number of nitrogen functional groups attached to an aromatic ring is 1. The van der Waals surface area contributed by atoms with Gasteiger partial charge in [0, 0.05) is 25.8 Å². The highest BCUT2D eigenvalue weighted by Crippen LogP contribution is 2.22. The molecule has 0 aromatic carbocycles. The number of aromatic nitrogens is 2. The minimum atomic E-state index is -0.0467. The van der Waals surface area contributed by atoms with Gasteiger partial charge in [-0.2, -0.15) is 0 Å². The topological polar surface area (TPSA) is 64.3 Å². The van der Waals surface area contributed by atoms with E-state index in [1.54, 1.807) is 12.3 Å². The van der Waals surface area contributed by atoms with Crippen LogP contribution in [0.25, 0.3) is 0 Å². The largest absolute Gasteiger partial charge is 0.384 e. The molecule has 1 saturated heterocycles. The molecule has 1 fully saturated rings. The van der Waals surface area contributed by atoms with Crippen molar-refractivity contribution in [2.24, 2.45) is 0 Å². The number of hydrogen-bond donors (Lipinski definition) is 1. The smallest absolute Gasteiger partial charge is 0.123 e. The van der Waals surface area contributed by atoms with E-state index in [9.17, 15) is 0 Å². The third-order valence-corrected chi connectivity index (χ3v) is 3.67. The van der Waals surface area contributed by atoms with Crippen molar-refractivity contribution < 1.29 is 4.74 Å². The molecule has 3 heterocycles. The van der Waals surface area contributed by atoms with E-state index in [1.165, 1.54) is 0 Å². The number of halogens is 1. The summed E-state index contributed by atoms with van der Waals surface area (Å²) in [6.07, 6.45) is 1.63. The fourth-order valence-corrected chi connectivity index (χ4v) is 2.51. The normalized spacial score (nSPS) is 19.6. The van der Waals surface area contributed by atoms with Crippen LogP contribution in [0.1, 0.15) is 17.5 Å². The van der Waals surface area contributed by atoms with Gasteiger partial charge in [-0.3, -0.25) is 9.88 Å². The first kappa shape index (κ1) is 14.3. The van der Waals surface area contributed by atoms with Gasteiger partial charge >= 0.3 is 0 Å². The van der Waals surface area contributed by atoms with E-state index in [1.807, 2.05) is 24.3 Å². The molecule has 0 unspecified atom stereocenters. The van der Waals surface area contributed by atoms with Gasteiger partial charge in [0.1, 0.15) is 11.9 Å². The van der Waals surface area contributed by atoms with Crippen LogP contribution in [0.15, 0.2) is 36.5 Å². The zero-order valence-electron chi connectivity index (χ0n) is 11.6. The lowest BCUT2D eigenvalue weighted by atomic mass is 10.1. The molecule has 2 aromatic rings. The highest BCUT2D eigenvalue weighted by Gasteiger charge is 2.23. The SMILES string of the molecule is Nc1cccc([C@@H]2CN(Cc3ccc(Cl)cn3)CCO2)n1. The summed E-state index contributed by atoms with van der Waals surface area (Å²) < 4.78 is 5.80. The Hall–Kier alpha value is -1.69. The third-order valence-electron chi connectivity index (χ3n) is 3.45. The maximum Gasteiger partial charge on any atom is 0.123 e. The third kappa shape index (κ3) is 3.69. The van der Waals surface area contributed by atoms with Crippen LogP contribution in [-0.2, 0) is 11.3 Å². The molecule has 1 aliphatic heterocycles. The van der Waals surface area contributed by atoms with Crippen molar-refractivity contribution in [1.29, 1.82) is 0 Å². The molecule has 1 atom stereocenters. The number of hydrogen-bond acceptors (Lipinski definition) is 5. The van der Waals surface area contributed by atoms with Gasteiger partial charge in [0.2, 0.25) is 0 Å². The second-order valence-electron chi connectivity index (χ2n) is 5.05. The number of rotatable bonds is 3. The van der Waals surface area contributed by atoms with E-state index in [2.05, 4.69) is 14.9 Å². The number of anilines is 1. The van der Waals surface area contributed by atoms with Gasteiger partial charge in [-0.05, 0) is 24.3 Å². The van der Waals surface area contributed by atoms with Crippen LogP contribution in [-0.4, -0.2) is 34.6 Å². The molecule has 110 valence electrons. The van der Waals surface area contributed by atoms with Crippen molar-refractivity contribution in [3.8, 4) is 0 Å². The molecule has 2 N–H and O–H groups in total. The second kappa shape index (κ2) is 6.39. The first-order chi connectivity index (χ1) is 10.2. The summed E-state index contributed by atoms with van der Waals surface area (Å²) in [7, 11) is 0. The minimum absolute atomic E-state index is 0.0467. The van der Waals surface area contributed by atoms with Gasteiger partial charge < -0.3 is 10.5 Å². The summed E-state index contributed by atoms with van der Waals surface area (Å²) >= 11 is 5.86. The van der Waals surface area contributed by atoms with Crippen molar-refractivity contribution in [2.45, 2.75) is 12.6 Å². The van der Waals surface area contributed by atoms with Crippen LogP contribution in [0, 0.1) is 0 Å². The first-order valence-corrected chi connectivity index (χ1v) is 7.25. The number of pyridine rings is 2. The Morgan fingerprint density at radius 1 is 1.33 bits per heavy atom. The van der Waals surface area contributed by atoms with Crippen LogP contribution in [0.2, 0.25) is 5.02 Å². The van der Waals surface area contributed by atoms with Gasteiger partial charge in [0.15, 0.2) is 0 Å². The number of ether oxygens (including phenoxy) is 1. The fraction of sp³-hybridized carbons (Fsp3) is 0.333. The van der Waals surface area contributed by atoms with Crippen LogP contribution in [0.4, 0.5) is 5.82 Å². The van der Waals surface area contributed by atoms with Crippen LogP contribution < -0.4 is 5.73 Å². The molecule has 6 heteroatoms. The predicted molar refractivity (Wildman–Crippen MR) is 81.9 cm³/mol. The summed E-state index contributed by atoms with van der Waals surface area (Å²) in [5, 5.41) is 0.655. The van der Waals surface area contributed by atoms with Crippen molar-refractivity contribution in [1.82, 2.24) is 14.9 Å². The Labute approximate surface area is 128 Å². The molecular formula is C15H17ClN4O. The van der Waals surface area contributed by atoms with E-state index in [0.717, 1.165) is 31.0 Å². The standard InChI is InChI=1S/C15H17ClN4O/c16-11-4-5-12(18-8-11)9-20-6-7-21-14(10-20)13-2-1-3-15(17)19-13/h1-5,8,14H,6-7,9-10H2,(H2,17,19)/t14-/m0/s1. The monoisotopic (exact) mass is 304 g/mol. The van der Waals surface area contributed by atoms with Crippen molar-refractivity contribution in [3.05, 3.63) is 52.9 Å². The van der Waals surface area contributed by atoms with E-state index >= 15 is 0 Å². The lowest BCUT2D eigenvalue weighted by molar-refractivity contribution is -0.0352. The maximum atomic E-state index is 5.86. The van der Waals surface area contributed by atoms with Crippen LogP contribution >= 0.6 is 11.6 Å².